The third-order valence-electron chi connectivity index (χ3n) is 4.50. The molecule has 0 rings (SSSR count). The van der Waals surface area contributed by atoms with E-state index in [0.29, 0.717) is 0 Å². The van der Waals surface area contributed by atoms with E-state index >= 15 is 0 Å². The second-order valence-corrected chi connectivity index (χ2v) is 19.9. The van der Waals surface area contributed by atoms with Gasteiger partial charge in [-0.3, -0.25) is 0 Å². The zero-order chi connectivity index (χ0) is 16.0. The van der Waals surface area contributed by atoms with Crippen molar-refractivity contribution in [2.24, 2.45) is 0 Å². The quantitative estimate of drug-likeness (QED) is 0.183. The van der Waals surface area contributed by atoms with E-state index in [1.54, 1.807) is 3.59 Å². The van der Waals surface area contributed by atoms with Gasteiger partial charge in [0, 0.05) is 0 Å². The summed E-state index contributed by atoms with van der Waals surface area (Å²) in [4.78, 5) is 0. The summed E-state index contributed by atoms with van der Waals surface area (Å²) in [5, 5.41) is 0. The Labute approximate surface area is 138 Å². The van der Waals surface area contributed by atoms with Gasteiger partial charge in [-0.1, -0.05) is 0 Å². The van der Waals surface area contributed by atoms with Gasteiger partial charge in [0.05, 0.1) is 0 Å². The SMILES string of the molecule is C=[C](COC/C=C/C)[Sn]([CH2]CCC)([CH2]CCC)[CH2]CCC. The van der Waals surface area contributed by atoms with E-state index in [1.165, 1.54) is 51.8 Å². The van der Waals surface area contributed by atoms with E-state index in [1.807, 2.05) is 6.92 Å². The van der Waals surface area contributed by atoms with Gasteiger partial charge in [0.15, 0.2) is 0 Å². The molecule has 0 aliphatic rings. The van der Waals surface area contributed by atoms with Crippen LogP contribution in [0, 0.1) is 0 Å². The van der Waals surface area contributed by atoms with E-state index in [4.69, 9.17) is 4.74 Å². The minimum absolute atomic E-state index is 0.743. The summed E-state index contributed by atoms with van der Waals surface area (Å²) < 4.78 is 11.9. The van der Waals surface area contributed by atoms with Crippen LogP contribution in [0.1, 0.15) is 66.2 Å². The number of ether oxygens (including phenoxy) is 1. The Morgan fingerprint density at radius 2 is 1.43 bits per heavy atom. The topological polar surface area (TPSA) is 9.23 Å². The van der Waals surface area contributed by atoms with Crippen molar-refractivity contribution in [3.8, 4) is 0 Å². The molecule has 0 aliphatic heterocycles. The Balaban J connectivity index is 4.77. The van der Waals surface area contributed by atoms with Gasteiger partial charge in [-0.05, 0) is 0 Å². The summed E-state index contributed by atoms with van der Waals surface area (Å²) in [5.74, 6) is 0. The van der Waals surface area contributed by atoms with Crippen LogP contribution in [-0.4, -0.2) is 31.6 Å². The van der Waals surface area contributed by atoms with Crippen LogP contribution in [0.15, 0.2) is 22.3 Å². The van der Waals surface area contributed by atoms with Crippen molar-refractivity contribution in [1.82, 2.24) is 0 Å². The molecular formula is C19H38OSn. The number of allylic oxidation sites excluding steroid dienone is 1. The maximum absolute atomic E-state index is 5.85. The fourth-order valence-corrected chi connectivity index (χ4v) is 18.1. The monoisotopic (exact) mass is 402 g/mol. The first-order chi connectivity index (χ1) is 10.2. The van der Waals surface area contributed by atoms with E-state index in [0.717, 1.165) is 13.2 Å². The molecule has 0 spiro atoms. The minimum atomic E-state index is -2.23. The summed E-state index contributed by atoms with van der Waals surface area (Å²) in [6.45, 7) is 15.1. The Morgan fingerprint density at radius 1 is 0.952 bits per heavy atom. The molecule has 0 aromatic rings. The first-order valence-electron chi connectivity index (χ1n) is 9.04. The molecule has 0 bridgehead atoms. The molecule has 21 heavy (non-hydrogen) atoms. The molecule has 2 heteroatoms. The van der Waals surface area contributed by atoms with Crippen LogP contribution in [0.25, 0.3) is 0 Å². The number of rotatable bonds is 14. The van der Waals surface area contributed by atoms with E-state index in [-0.39, 0.29) is 0 Å². The van der Waals surface area contributed by atoms with E-state index in [2.05, 4.69) is 39.5 Å². The standard InChI is InChI=1S/C7H11O.3C4H9.Sn/c1-3-5-7-8-6-4-2;3*1-3-4-2;/h3,5H,2,6-7H2,1H3;3*1,3-4H2,2H3;/b5-3+;;;;. The van der Waals surface area contributed by atoms with Crippen LogP contribution in [0.5, 0.6) is 0 Å². The molecular weight excluding hydrogens is 363 g/mol. The van der Waals surface area contributed by atoms with Crippen molar-refractivity contribution in [3.63, 3.8) is 0 Å². The van der Waals surface area contributed by atoms with Gasteiger partial charge in [0.2, 0.25) is 0 Å². The Bertz CT molecular complexity index is 262. The van der Waals surface area contributed by atoms with Gasteiger partial charge in [0.1, 0.15) is 0 Å². The molecule has 0 fully saturated rings. The van der Waals surface area contributed by atoms with Crippen LogP contribution >= 0.6 is 0 Å². The Morgan fingerprint density at radius 3 is 1.81 bits per heavy atom. The summed E-state index contributed by atoms with van der Waals surface area (Å²) in [5.41, 5.74) is 0. The van der Waals surface area contributed by atoms with E-state index in [9.17, 15) is 0 Å². The van der Waals surface area contributed by atoms with Gasteiger partial charge in [-0.2, -0.15) is 0 Å². The third kappa shape index (κ3) is 9.07. The Kier molecular flexibility index (Phi) is 14.0. The molecule has 0 unspecified atom stereocenters. The van der Waals surface area contributed by atoms with Gasteiger partial charge >= 0.3 is 138 Å². The molecule has 0 aromatic heterocycles. The predicted molar refractivity (Wildman–Crippen MR) is 99.7 cm³/mol. The number of unbranched alkanes of at least 4 members (excludes halogenated alkanes) is 3. The summed E-state index contributed by atoms with van der Waals surface area (Å²) in [6.07, 6.45) is 12.3. The van der Waals surface area contributed by atoms with Gasteiger partial charge in [-0.25, -0.2) is 0 Å². The number of hydrogen-bond acceptors (Lipinski definition) is 1. The zero-order valence-corrected chi connectivity index (χ0v) is 17.9. The normalized spacial score (nSPS) is 12.2. The average Bonchev–Trinajstić information content (AvgIpc) is 2.51. The molecule has 0 amide bonds. The molecule has 0 aliphatic carbocycles. The second kappa shape index (κ2) is 13.9. The van der Waals surface area contributed by atoms with Crippen molar-refractivity contribution < 1.29 is 4.74 Å². The number of hydrogen-bond donors (Lipinski definition) is 0. The predicted octanol–water partition coefficient (Wildman–Crippen LogP) is 6.52. The molecule has 0 heterocycles. The first-order valence-corrected chi connectivity index (χ1v) is 16.5. The van der Waals surface area contributed by atoms with Gasteiger partial charge < -0.3 is 0 Å². The molecule has 0 aromatic carbocycles. The summed E-state index contributed by atoms with van der Waals surface area (Å²) >= 11 is -2.23. The molecule has 0 N–H and O–H groups in total. The first kappa shape index (κ1) is 21.2. The van der Waals surface area contributed by atoms with Crippen molar-refractivity contribution in [2.75, 3.05) is 13.2 Å². The maximum atomic E-state index is 5.85. The van der Waals surface area contributed by atoms with Gasteiger partial charge in [-0.15, -0.1) is 0 Å². The molecule has 0 atom stereocenters. The van der Waals surface area contributed by atoms with Crippen molar-refractivity contribution in [3.05, 3.63) is 22.3 Å². The van der Waals surface area contributed by atoms with Crippen LogP contribution in [0.2, 0.25) is 13.3 Å². The van der Waals surface area contributed by atoms with Crippen LogP contribution in [0.4, 0.5) is 0 Å². The second-order valence-electron chi connectivity index (χ2n) is 6.28. The van der Waals surface area contributed by atoms with E-state index < -0.39 is 18.4 Å². The fraction of sp³-hybridized carbons (Fsp3) is 0.789. The molecule has 1 nitrogen and oxygen atoms in total. The van der Waals surface area contributed by atoms with Crippen LogP contribution in [-0.2, 0) is 4.74 Å². The van der Waals surface area contributed by atoms with Crippen LogP contribution < -0.4 is 0 Å². The molecule has 0 saturated heterocycles. The average molecular weight is 401 g/mol. The van der Waals surface area contributed by atoms with Crippen molar-refractivity contribution >= 4 is 18.4 Å². The summed E-state index contributed by atoms with van der Waals surface area (Å²) in [7, 11) is 0. The molecule has 0 saturated carbocycles. The fourth-order valence-electron chi connectivity index (χ4n) is 2.95. The van der Waals surface area contributed by atoms with Crippen molar-refractivity contribution in [2.45, 2.75) is 79.5 Å². The molecule has 0 radical (unpaired) electrons. The van der Waals surface area contributed by atoms with Gasteiger partial charge in [0.25, 0.3) is 0 Å². The van der Waals surface area contributed by atoms with Crippen LogP contribution in [0.3, 0.4) is 0 Å². The third-order valence-corrected chi connectivity index (χ3v) is 20.4. The molecule has 124 valence electrons. The van der Waals surface area contributed by atoms with Crippen molar-refractivity contribution in [1.29, 1.82) is 0 Å². The summed E-state index contributed by atoms with van der Waals surface area (Å²) in [6, 6.07) is 0. The Hall–Kier alpha value is 0.239. The zero-order valence-electron chi connectivity index (χ0n) is 15.0.